The fourth-order valence-electron chi connectivity index (χ4n) is 2.35. The summed E-state index contributed by atoms with van der Waals surface area (Å²) in [6, 6.07) is -0.615. The number of carboxylic acid groups (broad SMARTS) is 2. The maximum atomic E-state index is 11.2. The monoisotopic (exact) mass is 288 g/mol. The maximum absolute atomic E-state index is 11.2. The highest BCUT2D eigenvalue weighted by Gasteiger charge is 2.24. The fourth-order valence-corrected chi connectivity index (χ4v) is 2.35. The molecule has 0 aromatic rings. The van der Waals surface area contributed by atoms with E-state index in [2.05, 4.69) is 4.90 Å². The molecule has 0 aromatic heterocycles. The van der Waals surface area contributed by atoms with Gasteiger partial charge in [-0.3, -0.25) is 19.4 Å². The van der Waals surface area contributed by atoms with Crippen molar-refractivity contribution in [3.8, 4) is 0 Å². The van der Waals surface area contributed by atoms with Crippen molar-refractivity contribution in [1.29, 1.82) is 0 Å². The zero-order chi connectivity index (χ0) is 15.0. The van der Waals surface area contributed by atoms with Gasteiger partial charge in [0.05, 0.1) is 19.6 Å². The number of rotatable bonds is 9. The molecule has 0 saturated carbocycles. The third-order valence-electron chi connectivity index (χ3n) is 3.53. The Morgan fingerprint density at radius 2 is 1.90 bits per heavy atom. The van der Waals surface area contributed by atoms with Gasteiger partial charge < -0.3 is 14.9 Å². The molecule has 0 bridgehead atoms. The summed E-state index contributed by atoms with van der Waals surface area (Å²) in [5.74, 6) is -1.79. The molecule has 2 N–H and O–H groups in total. The van der Waals surface area contributed by atoms with Crippen molar-refractivity contribution in [2.45, 2.75) is 25.8 Å². The van der Waals surface area contributed by atoms with Gasteiger partial charge in [0.25, 0.3) is 0 Å². The molecule has 1 aliphatic heterocycles. The Balaban J connectivity index is 2.51. The predicted octanol–water partition coefficient (Wildman–Crippen LogP) is -0.0415. The van der Waals surface area contributed by atoms with E-state index in [1.54, 1.807) is 11.8 Å². The van der Waals surface area contributed by atoms with E-state index in [4.69, 9.17) is 9.84 Å². The van der Waals surface area contributed by atoms with E-state index in [1.165, 1.54) is 0 Å². The normalized spacial score (nSPS) is 18.1. The summed E-state index contributed by atoms with van der Waals surface area (Å²) in [7, 11) is 0. The minimum Gasteiger partial charge on any atom is -0.481 e. The van der Waals surface area contributed by atoms with Crippen molar-refractivity contribution in [1.82, 2.24) is 9.80 Å². The molecule has 7 heteroatoms. The number of morpholine rings is 1. The highest BCUT2D eigenvalue weighted by Crippen LogP contribution is 2.07. The molecule has 1 fully saturated rings. The van der Waals surface area contributed by atoms with E-state index in [-0.39, 0.29) is 13.0 Å². The van der Waals surface area contributed by atoms with Gasteiger partial charge in [0.15, 0.2) is 0 Å². The topological polar surface area (TPSA) is 90.3 Å². The fraction of sp³-hybridized carbons (Fsp3) is 0.846. The molecule has 0 aromatic carbocycles. The van der Waals surface area contributed by atoms with Crippen LogP contribution in [0.15, 0.2) is 0 Å². The van der Waals surface area contributed by atoms with Crippen molar-refractivity contribution in [2.75, 3.05) is 45.9 Å². The first kappa shape index (κ1) is 16.9. The molecule has 7 nitrogen and oxygen atoms in total. The minimum atomic E-state index is -0.901. The number of hydrogen-bond acceptors (Lipinski definition) is 5. The quantitative estimate of drug-likeness (QED) is 0.615. The number of carbonyl (C=O) groups is 2. The Kier molecular flexibility index (Phi) is 7.50. The van der Waals surface area contributed by atoms with Crippen molar-refractivity contribution in [2.24, 2.45) is 0 Å². The average Bonchev–Trinajstić information content (AvgIpc) is 2.42. The first-order valence-electron chi connectivity index (χ1n) is 7.03. The lowest BCUT2D eigenvalue weighted by atomic mass is 10.1. The second-order valence-corrected chi connectivity index (χ2v) is 4.90. The van der Waals surface area contributed by atoms with E-state index >= 15 is 0 Å². The van der Waals surface area contributed by atoms with Gasteiger partial charge >= 0.3 is 11.9 Å². The average molecular weight is 288 g/mol. The lowest BCUT2D eigenvalue weighted by Gasteiger charge is -2.32. The smallest absolute Gasteiger partial charge is 0.320 e. The molecule has 1 unspecified atom stereocenters. The van der Waals surface area contributed by atoms with Gasteiger partial charge in [0.1, 0.15) is 6.04 Å². The molecule has 0 radical (unpaired) electrons. The molecule has 1 atom stereocenters. The zero-order valence-electron chi connectivity index (χ0n) is 12.0. The van der Waals surface area contributed by atoms with Crippen LogP contribution in [0.2, 0.25) is 0 Å². The van der Waals surface area contributed by atoms with Crippen LogP contribution in [-0.4, -0.2) is 83.9 Å². The number of ether oxygens (including phenoxy) is 1. The van der Waals surface area contributed by atoms with Crippen LogP contribution in [0.1, 0.15) is 19.8 Å². The van der Waals surface area contributed by atoms with Gasteiger partial charge in [-0.2, -0.15) is 0 Å². The van der Waals surface area contributed by atoms with Gasteiger partial charge in [-0.15, -0.1) is 0 Å². The molecule has 116 valence electrons. The van der Waals surface area contributed by atoms with Crippen LogP contribution < -0.4 is 0 Å². The number of aliphatic carboxylic acids is 2. The van der Waals surface area contributed by atoms with Crippen molar-refractivity contribution in [3.63, 3.8) is 0 Å². The number of nitrogens with zero attached hydrogens (tertiary/aromatic N) is 2. The van der Waals surface area contributed by atoms with Gasteiger partial charge in [0.2, 0.25) is 0 Å². The Morgan fingerprint density at radius 3 is 2.40 bits per heavy atom. The molecular weight excluding hydrogens is 264 g/mol. The van der Waals surface area contributed by atoms with E-state index < -0.39 is 18.0 Å². The summed E-state index contributed by atoms with van der Waals surface area (Å²) < 4.78 is 5.27. The van der Waals surface area contributed by atoms with Crippen LogP contribution in [-0.2, 0) is 14.3 Å². The van der Waals surface area contributed by atoms with Gasteiger partial charge in [-0.05, 0) is 6.42 Å². The van der Waals surface area contributed by atoms with Gasteiger partial charge in [0, 0.05) is 32.7 Å². The molecular formula is C13H24N2O5. The third-order valence-corrected chi connectivity index (χ3v) is 3.53. The summed E-state index contributed by atoms with van der Waals surface area (Å²) in [4.78, 5) is 25.9. The first-order valence-corrected chi connectivity index (χ1v) is 7.03. The molecule has 0 amide bonds. The van der Waals surface area contributed by atoms with Crippen LogP contribution in [0.5, 0.6) is 0 Å². The van der Waals surface area contributed by atoms with E-state index in [9.17, 15) is 14.7 Å². The summed E-state index contributed by atoms with van der Waals surface area (Å²) in [6.45, 7) is 6.47. The standard InChI is InChI=1S/C13H24N2O5/c1-2-11(13(18)19)15(4-3-12(16)17)6-5-14-7-9-20-10-8-14/h11H,2-10H2,1H3,(H,16,17)(H,18,19). The third kappa shape index (κ3) is 5.85. The Labute approximate surface area is 119 Å². The van der Waals surface area contributed by atoms with Crippen LogP contribution in [0.25, 0.3) is 0 Å². The van der Waals surface area contributed by atoms with Crippen LogP contribution >= 0.6 is 0 Å². The van der Waals surface area contributed by atoms with E-state index in [1.807, 2.05) is 0 Å². The van der Waals surface area contributed by atoms with Crippen molar-refractivity contribution >= 4 is 11.9 Å². The summed E-state index contributed by atoms with van der Waals surface area (Å²) >= 11 is 0. The van der Waals surface area contributed by atoms with Crippen molar-refractivity contribution in [3.05, 3.63) is 0 Å². The Bertz CT molecular complexity index is 318. The van der Waals surface area contributed by atoms with E-state index in [0.29, 0.717) is 26.2 Å². The highest BCUT2D eigenvalue weighted by molar-refractivity contribution is 5.73. The SMILES string of the molecule is CCC(C(=O)O)N(CCC(=O)O)CCN1CCOCC1. The predicted molar refractivity (Wildman–Crippen MR) is 72.8 cm³/mol. The van der Waals surface area contributed by atoms with Crippen molar-refractivity contribution < 1.29 is 24.5 Å². The van der Waals surface area contributed by atoms with Crippen LogP contribution in [0, 0.1) is 0 Å². The molecule has 1 saturated heterocycles. The molecule has 20 heavy (non-hydrogen) atoms. The minimum absolute atomic E-state index is 0.0348. The largest absolute Gasteiger partial charge is 0.481 e. The lowest BCUT2D eigenvalue weighted by Crippen LogP contribution is -2.47. The number of hydrogen-bond donors (Lipinski definition) is 2. The molecule has 0 spiro atoms. The second kappa shape index (κ2) is 8.89. The highest BCUT2D eigenvalue weighted by atomic mass is 16.5. The molecule has 0 aliphatic carbocycles. The molecule has 1 heterocycles. The molecule has 1 aliphatic rings. The van der Waals surface area contributed by atoms with Gasteiger partial charge in [-0.25, -0.2) is 0 Å². The van der Waals surface area contributed by atoms with Crippen LogP contribution in [0.4, 0.5) is 0 Å². The van der Waals surface area contributed by atoms with Crippen LogP contribution in [0.3, 0.4) is 0 Å². The zero-order valence-corrected chi connectivity index (χ0v) is 12.0. The summed E-state index contributed by atoms with van der Waals surface area (Å²) in [5, 5.41) is 18.0. The maximum Gasteiger partial charge on any atom is 0.320 e. The summed E-state index contributed by atoms with van der Waals surface area (Å²) in [6.07, 6.45) is 0.435. The van der Waals surface area contributed by atoms with Gasteiger partial charge in [-0.1, -0.05) is 6.92 Å². The molecule has 1 rings (SSSR count). The lowest BCUT2D eigenvalue weighted by molar-refractivity contribution is -0.145. The Hall–Kier alpha value is -1.18. The van der Waals surface area contributed by atoms with E-state index in [0.717, 1.165) is 19.6 Å². The second-order valence-electron chi connectivity index (χ2n) is 4.90. The first-order chi connectivity index (χ1) is 9.54. The summed E-state index contributed by atoms with van der Waals surface area (Å²) in [5.41, 5.74) is 0. The Morgan fingerprint density at radius 1 is 1.25 bits per heavy atom. The number of carboxylic acids is 2.